The zero-order valence-corrected chi connectivity index (χ0v) is 11.5. The molecule has 1 aliphatic carbocycles. The number of anilines is 2. The molecule has 2 atom stereocenters. The Hall–Kier alpha value is -1.80. The highest BCUT2D eigenvalue weighted by atomic mass is 16.3. The van der Waals surface area contributed by atoms with E-state index in [4.69, 9.17) is 11.0 Å². The minimum Gasteiger partial charge on any atom is -0.395 e. The van der Waals surface area contributed by atoms with E-state index in [0.29, 0.717) is 17.1 Å². The molecule has 2 aliphatic rings. The molecule has 20 heavy (non-hydrogen) atoms. The molecule has 0 bridgehead atoms. The number of pyridine rings is 1. The topological polar surface area (TPSA) is 86.2 Å². The highest BCUT2D eigenvalue weighted by Gasteiger charge is 2.43. The van der Waals surface area contributed by atoms with Crippen LogP contribution in [0.2, 0.25) is 0 Å². The maximum atomic E-state index is 10.7. The first-order valence-electron chi connectivity index (χ1n) is 7.26. The number of nitriles is 1. The van der Waals surface area contributed by atoms with E-state index < -0.39 is 5.60 Å². The molecular formula is C15H20N4O. The van der Waals surface area contributed by atoms with Gasteiger partial charge in [-0.05, 0) is 25.3 Å². The summed E-state index contributed by atoms with van der Waals surface area (Å²) in [6.07, 6.45) is 6.66. The van der Waals surface area contributed by atoms with Crippen molar-refractivity contribution in [3.05, 3.63) is 17.8 Å². The number of hydrogen-bond acceptors (Lipinski definition) is 5. The first-order chi connectivity index (χ1) is 9.64. The van der Waals surface area contributed by atoms with Crippen LogP contribution in [0.25, 0.3) is 0 Å². The lowest BCUT2D eigenvalue weighted by Crippen LogP contribution is -2.53. The van der Waals surface area contributed by atoms with Crippen LogP contribution in [0.4, 0.5) is 11.5 Å². The summed E-state index contributed by atoms with van der Waals surface area (Å²) in [4.78, 5) is 6.46. The second kappa shape index (κ2) is 4.95. The van der Waals surface area contributed by atoms with Crippen LogP contribution < -0.4 is 10.6 Å². The Kier molecular flexibility index (Phi) is 3.27. The van der Waals surface area contributed by atoms with Crippen LogP contribution in [0.15, 0.2) is 12.3 Å². The van der Waals surface area contributed by atoms with Crippen molar-refractivity contribution in [2.75, 3.05) is 23.7 Å². The van der Waals surface area contributed by atoms with Crippen molar-refractivity contribution in [1.82, 2.24) is 4.98 Å². The number of rotatable bonds is 1. The van der Waals surface area contributed by atoms with Crippen molar-refractivity contribution in [2.24, 2.45) is 5.92 Å². The van der Waals surface area contributed by atoms with E-state index in [2.05, 4.69) is 16.0 Å². The Balaban J connectivity index is 1.85. The third-order valence-corrected chi connectivity index (χ3v) is 4.82. The largest absolute Gasteiger partial charge is 0.395 e. The molecule has 3 rings (SSSR count). The van der Waals surface area contributed by atoms with Crippen molar-refractivity contribution >= 4 is 11.5 Å². The standard InChI is InChI=1S/C15H20N4O/c16-9-11-4-7-18-14(13(11)17)19-8-6-15(20)5-2-1-3-12(15)10-19/h4,7,12,20H,1-3,5-6,8,10,17H2. The van der Waals surface area contributed by atoms with Gasteiger partial charge in [-0.1, -0.05) is 12.8 Å². The summed E-state index contributed by atoms with van der Waals surface area (Å²) in [6.45, 7) is 1.53. The first kappa shape index (κ1) is 13.2. The number of hydrogen-bond donors (Lipinski definition) is 2. The number of nitrogen functional groups attached to an aromatic ring is 1. The number of aliphatic hydroxyl groups is 1. The summed E-state index contributed by atoms with van der Waals surface area (Å²) in [5.74, 6) is 0.980. The molecule has 1 saturated heterocycles. The van der Waals surface area contributed by atoms with Gasteiger partial charge in [0.1, 0.15) is 6.07 Å². The van der Waals surface area contributed by atoms with Crippen LogP contribution in [0.1, 0.15) is 37.7 Å². The van der Waals surface area contributed by atoms with Gasteiger partial charge in [0.05, 0.1) is 16.9 Å². The van der Waals surface area contributed by atoms with E-state index in [0.717, 1.165) is 38.8 Å². The van der Waals surface area contributed by atoms with E-state index >= 15 is 0 Å². The van der Waals surface area contributed by atoms with Gasteiger partial charge in [0, 0.05) is 25.2 Å². The Morgan fingerprint density at radius 1 is 1.45 bits per heavy atom. The molecule has 1 saturated carbocycles. The molecule has 1 aliphatic heterocycles. The molecule has 1 aromatic heterocycles. The minimum atomic E-state index is -0.504. The smallest absolute Gasteiger partial charge is 0.153 e. The molecule has 0 amide bonds. The predicted octanol–water partition coefficient (Wildman–Crippen LogP) is 1.67. The average molecular weight is 272 g/mol. The Bertz CT molecular complexity index is 553. The molecule has 2 unspecified atom stereocenters. The number of nitrogens with two attached hydrogens (primary N) is 1. The van der Waals surface area contributed by atoms with Crippen LogP contribution in [-0.2, 0) is 0 Å². The molecular weight excluding hydrogens is 252 g/mol. The van der Waals surface area contributed by atoms with E-state index in [1.165, 1.54) is 6.42 Å². The predicted molar refractivity (Wildman–Crippen MR) is 77.1 cm³/mol. The fraction of sp³-hybridized carbons (Fsp3) is 0.600. The second-order valence-corrected chi connectivity index (χ2v) is 5.95. The zero-order valence-electron chi connectivity index (χ0n) is 11.5. The van der Waals surface area contributed by atoms with Crippen LogP contribution in [0.5, 0.6) is 0 Å². The first-order valence-corrected chi connectivity index (χ1v) is 7.26. The molecule has 5 nitrogen and oxygen atoms in total. The Morgan fingerprint density at radius 2 is 2.30 bits per heavy atom. The maximum Gasteiger partial charge on any atom is 0.153 e. The van der Waals surface area contributed by atoms with E-state index in [-0.39, 0.29) is 5.92 Å². The Labute approximate surface area is 119 Å². The Morgan fingerprint density at radius 3 is 3.10 bits per heavy atom. The molecule has 106 valence electrons. The lowest BCUT2D eigenvalue weighted by Gasteiger charge is -2.47. The van der Waals surface area contributed by atoms with Crippen molar-refractivity contribution in [2.45, 2.75) is 37.7 Å². The molecule has 0 spiro atoms. The highest BCUT2D eigenvalue weighted by Crippen LogP contribution is 2.41. The molecule has 0 radical (unpaired) electrons. The summed E-state index contributed by atoms with van der Waals surface area (Å²) in [5.41, 5.74) is 6.46. The van der Waals surface area contributed by atoms with Gasteiger partial charge < -0.3 is 15.7 Å². The van der Waals surface area contributed by atoms with Gasteiger partial charge >= 0.3 is 0 Å². The average Bonchev–Trinajstić information content (AvgIpc) is 2.47. The number of nitrogens with zero attached hydrogens (tertiary/aromatic N) is 3. The van der Waals surface area contributed by atoms with E-state index in [9.17, 15) is 5.11 Å². The summed E-state index contributed by atoms with van der Waals surface area (Å²) < 4.78 is 0. The monoisotopic (exact) mass is 272 g/mol. The summed E-state index contributed by atoms with van der Waals surface area (Å²) >= 11 is 0. The fourth-order valence-electron chi connectivity index (χ4n) is 3.57. The normalized spacial score (nSPS) is 29.6. The lowest BCUT2D eigenvalue weighted by atomic mass is 9.71. The zero-order chi connectivity index (χ0) is 14.2. The fourth-order valence-corrected chi connectivity index (χ4v) is 3.57. The third kappa shape index (κ3) is 2.10. The maximum absolute atomic E-state index is 10.7. The number of aromatic nitrogens is 1. The summed E-state index contributed by atoms with van der Waals surface area (Å²) in [7, 11) is 0. The van der Waals surface area contributed by atoms with Gasteiger partial charge in [0.25, 0.3) is 0 Å². The van der Waals surface area contributed by atoms with E-state index in [1.807, 2.05) is 0 Å². The van der Waals surface area contributed by atoms with Crippen LogP contribution in [-0.4, -0.2) is 28.8 Å². The number of piperidine rings is 1. The van der Waals surface area contributed by atoms with Crippen LogP contribution in [0, 0.1) is 17.2 Å². The third-order valence-electron chi connectivity index (χ3n) is 4.82. The van der Waals surface area contributed by atoms with Crippen LogP contribution >= 0.6 is 0 Å². The van der Waals surface area contributed by atoms with Crippen molar-refractivity contribution in [1.29, 1.82) is 5.26 Å². The van der Waals surface area contributed by atoms with Gasteiger partial charge in [0.15, 0.2) is 5.82 Å². The SMILES string of the molecule is N#Cc1ccnc(N2CCC3(O)CCCCC3C2)c1N. The molecule has 0 aromatic carbocycles. The second-order valence-electron chi connectivity index (χ2n) is 5.95. The quantitative estimate of drug-likeness (QED) is 0.812. The van der Waals surface area contributed by atoms with Crippen molar-refractivity contribution in [3.63, 3.8) is 0 Å². The molecule has 1 aromatic rings. The minimum absolute atomic E-state index is 0.289. The van der Waals surface area contributed by atoms with Gasteiger partial charge in [-0.3, -0.25) is 0 Å². The van der Waals surface area contributed by atoms with Crippen molar-refractivity contribution < 1.29 is 5.11 Å². The summed E-state index contributed by atoms with van der Waals surface area (Å²) in [6, 6.07) is 3.74. The van der Waals surface area contributed by atoms with Crippen molar-refractivity contribution in [3.8, 4) is 6.07 Å². The van der Waals surface area contributed by atoms with Gasteiger partial charge in [-0.15, -0.1) is 0 Å². The summed E-state index contributed by atoms with van der Waals surface area (Å²) in [5, 5.41) is 19.7. The molecule has 3 N–H and O–H groups in total. The number of fused-ring (bicyclic) bond motifs is 1. The van der Waals surface area contributed by atoms with Gasteiger partial charge in [0.2, 0.25) is 0 Å². The van der Waals surface area contributed by atoms with Gasteiger partial charge in [-0.25, -0.2) is 4.98 Å². The van der Waals surface area contributed by atoms with Gasteiger partial charge in [-0.2, -0.15) is 5.26 Å². The lowest BCUT2D eigenvalue weighted by molar-refractivity contribution is -0.0613. The molecule has 2 fully saturated rings. The molecule has 5 heteroatoms. The van der Waals surface area contributed by atoms with E-state index in [1.54, 1.807) is 12.3 Å². The van der Waals surface area contributed by atoms with Crippen LogP contribution in [0.3, 0.4) is 0 Å². The molecule has 2 heterocycles. The highest BCUT2D eigenvalue weighted by molar-refractivity contribution is 5.70.